The highest BCUT2D eigenvalue weighted by Crippen LogP contribution is 2.25. The van der Waals surface area contributed by atoms with Gasteiger partial charge in [0.1, 0.15) is 5.82 Å². The summed E-state index contributed by atoms with van der Waals surface area (Å²) in [5, 5.41) is 4.47. The molecule has 90 valence electrons. The van der Waals surface area contributed by atoms with E-state index >= 15 is 0 Å². The summed E-state index contributed by atoms with van der Waals surface area (Å²) >= 11 is 0. The molecule has 0 atom stereocenters. The lowest BCUT2D eigenvalue weighted by atomic mass is 9.87. The van der Waals surface area contributed by atoms with E-state index in [0.29, 0.717) is 5.92 Å². The fourth-order valence-corrected chi connectivity index (χ4v) is 2.57. The zero-order valence-electron chi connectivity index (χ0n) is 9.69. The van der Waals surface area contributed by atoms with Crippen LogP contribution in [-0.4, -0.2) is 30.2 Å². The lowest BCUT2D eigenvalue weighted by molar-refractivity contribution is 0.200. The van der Waals surface area contributed by atoms with Crippen LogP contribution in [0.25, 0.3) is 0 Å². The maximum Gasteiger partial charge on any atom is 0.123 e. The minimum Gasteiger partial charge on any atom is -0.298 e. The van der Waals surface area contributed by atoms with Crippen LogP contribution in [0.2, 0.25) is 0 Å². The Morgan fingerprint density at radius 3 is 2.47 bits per heavy atom. The van der Waals surface area contributed by atoms with Crippen LogP contribution < -0.4 is 5.43 Å². The number of nitrogens with zero attached hydrogens (tertiary/aromatic N) is 2. The van der Waals surface area contributed by atoms with Crippen LogP contribution in [0.4, 0.5) is 10.1 Å². The van der Waals surface area contributed by atoms with Crippen LogP contribution in [0.3, 0.4) is 0 Å². The second-order valence-corrected chi connectivity index (χ2v) is 4.77. The van der Waals surface area contributed by atoms with E-state index in [0.717, 1.165) is 12.2 Å². The van der Waals surface area contributed by atoms with E-state index in [1.165, 1.54) is 43.8 Å². The van der Waals surface area contributed by atoms with Gasteiger partial charge in [-0.2, -0.15) is 5.10 Å². The molecule has 3 aliphatic rings. The summed E-state index contributed by atoms with van der Waals surface area (Å²) in [5.74, 6) is 0.430. The normalized spacial score (nSPS) is 29.6. The summed E-state index contributed by atoms with van der Waals surface area (Å²) in [7, 11) is 0. The molecule has 17 heavy (non-hydrogen) atoms. The Hall–Kier alpha value is -1.42. The van der Waals surface area contributed by atoms with E-state index in [4.69, 9.17) is 0 Å². The number of hydrogen-bond donors (Lipinski definition) is 1. The van der Waals surface area contributed by atoms with Gasteiger partial charge in [0.25, 0.3) is 0 Å². The van der Waals surface area contributed by atoms with Gasteiger partial charge in [0.15, 0.2) is 0 Å². The van der Waals surface area contributed by atoms with E-state index < -0.39 is 0 Å². The van der Waals surface area contributed by atoms with Crippen molar-refractivity contribution in [3.63, 3.8) is 0 Å². The van der Waals surface area contributed by atoms with Crippen molar-refractivity contribution in [2.75, 3.05) is 25.1 Å². The Morgan fingerprint density at radius 2 is 1.88 bits per heavy atom. The average Bonchev–Trinajstić information content (AvgIpc) is 2.39. The number of fused-ring (bicyclic) bond motifs is 3. The number of hydrogen-bond acceptors (Lipinski definition) is 3. The Balaban J connectivity index is 1.68. The number of nitrogens with one attached hydrogen (secondary N) is 1. The molecule has 0 aliphatic carbocycles. The predicted octanol–water partition coefficient (Wildman–Crippen LogP) is 2.32. The molecule has 0 aromatic heterocycles. The Bertz CT molecular complexity index is 419. The second kappa shape index (κ2) is 4.45. The van der Waals surface area contributed by atoms with Gasteiger partial charge in [-0.15, -0.1) is 0 Å². The highest BCUT2D eigenvalue weighted by atomic mass is 19.1. The molecule has 3 nitrogen and oxygen atoms in total. The van der Waals surface area contributed by atoms with Crippen LogP contribution in [0.5, 0.6) is 0 Å². The number of halogens is 1. The first-order valence-electron chi connectivity index (χ1n) is 6.11. The molecule has 4 heteroatoms. The fourth-order valence-electron chi connectivity index (χ4n) is 2.57. The molecule has 0 spiro atoms. The Morgan fingerprint density at radius 1 is 1.18 bits per heavy atom. The van der Waals surface area contributed by atoms with Gasteiger partial charge in [0.2, 0.25) is 0 Å². The zero-order valence-corrected chi connectivity index (χ0v) is 9.69. The quantitative estimate of drug-likeness (QED) is 0.794. The van der Waals surface area contributed by atoms with Crippen molar-refractivity contribution in [3.05, 3.63) is 30.1 Å². The minimum absolute atomic E-state index is 0.217. The molecule has 0 radical (unpaired) electrons. The number of rotatable bonds is 2. The van der Waals surface area contributed by atoms with Gasteiger partial charge >= 0.3 is 0 Å². The largest absolute Gasteiger partial charge is 0.298 e. The molecule has 0 amide bonds. The predicted molar refractivity (Wildman–Crippen MR) is 66.6 cm³/mol. The third kappa shape index (κ3) is 2.31. The summed E-state index contributed by atoms with van der Waals surface area (Å²) in [6.45, 7) is 3.40. The molecule has 2 bridgehead atoms. The van der Waals surface area contributed by atoms with Crippen LogP contribution in [0.15, 0.2) is 29.4 Å². The van der Waals surface area contributed by atoms with Crippen molar-refractivity contribution in [1.82, 2.24) is 4.90 Å². The Kier molecular flexibility index (Phi) is 2.81. The highest BCUT2D eigenvalue weighted by Gasteiger charge is 2.30. The number of hydrazone groups is 1. The summed E-state index contributed by atoms with van der Waals surface area (Å²) in [6.07, 6.45) is 2.45. The topological polar surface area (TPSA) is 27.6 Å². The maximum absolute atomic E-state index is 12.7. The molecule has 3 saturated heterocycles. The van der Waals surface area contributed by atoms with E-state index in [-0.39, 0.29) is 5.82 Å². The summed E-state index contributed by atoms with van der Waals surface area (Å²) in [5.41, 5.74) is 5.11. The SMILES string of the molecule is Fc1ccc(N/N=C2/CN3CCC2CC3)cc1. The van der Waals surface area contributed by atoms with Crippen molar-refractivity contribution < 1.29 is 4.39 Å². The molecule has 1 N–H and O–H groups in total. The minimum atomic E-state index is -0.217. The van der Waals surface area contributed by atoms with Crippen LogP contribution in [0, 0.1) is 11.7 Å². The maximum atomic E-state index is 12.7. The van der Waals surface area contributed by atoms with Crippen LogP contribution in [0.1, 0.15) is 12.8 Å². The van der Waals surface area contributed by atoms with Crippen molar-refractivity contribution in [3.8, 4) is 0 Å². The standard InChI is InChI=1S/C13H16FN3/c14-11-1-3-12(4-2-11)15-16-13-9-17-7-5-10(13)6-8-17/h1-4,10,15H,5-9H2/b16-13-. The van der Waals surface area contributed by atoms with E-state index in [1.54, 1.807) is 12.1 Å². The van der Waals surface area contributed by atoms with E-state index in [1.807, 2.05) is 0 Å². The van der Waals surface area contributed by atoms with E-state index in [2.05, 4.69) is 15.4 Å². The molecule has 0 unspecified atom stereocenters. The molecule has 3 fully saturated rings. The lowest BCUT2D eigenvalue weighted by Gasteiger charge is -2.39. The van der Waals surface area contributed by atoms with Crippen LogP contribution in [-0.2, 0) is 0 Å². The van der Waals surface area contributed by atoms with Crippen LogP contribution >= 0.6 is 0 Å². The molecule has 1 aromatic carbocycles. The highest BCUT2D eigenvalue weighted by molar-refractivity contribution is 5.90. The smallest absolute Gasteiger partial charge is 0.123 e. The Labute approximate surface area is 100 Å². The van der Waals surface area contributed by atoms with Gasteiger partial charge in [-0.25, -0.2) is 4.39 Å². The summed E-state index contributed by atoms with van der Waals surface area (Å²) < 4.78 is 12.7. The van der Waals surface area contributed by atoms with Crippen molar-refractivity contribution in [2.24, 2.45) is 11.0 Å². The number of anilines is 1. The summed E-state index contributed by atoms with van der Waals surface area (Å²) in [6, 6.07) is 6.31. The van der Waals surface area contributed by atoms with Gasteiger partial charge in [0, 0.05) is 12.5 Å². The fraction of sp³-hybridized carbons (Fsp3) is 0.462. The molecule has 4 rings (SSSR count). The first kappa shape index (κ1) is 10.7. The van der Waals surface area contributed by atoms with Gasteiger partial charge < -0.3 is 0 Å². The van der Waals surface area contributed by atoms with Gasteiger partial charge in [-0.05, 0) is 50.2 Å². The monoisotopic (exact) mass is 233 g/mol. The molecular formula is C13H16FN3. The first-order valence-corrected chi connectivity index (χ1v) is 6.11. The molecule has 3 aliphatic heterocycles. The van der Waals surface area contributed by atoms with Gasteiger partial charge in [-0.3, -0.25) is 10.3 Å². The number of benzene rings is 1. The molecule has 0 saturated carbocycles. The third-order valence-electron chi connectivity index (χ3n) is 3.62. The average molecular weight is 233 g/mol. The van der Waals surface area contributed by atoms with Gasteiger partial charge in [0.05, 0.1) is 11.4 Å². The van der Waals surface area contributed by atoms with Crippen molar-refractivity contribution in [1.29, 1.82) is 0 Å². The third-order valence-corrected chi connectivity index (χ3v) is 3.62. The molecule has 3 heterocycles. The van der Waals surface area contributed by atoms with Gasteiger partial charge in [-0.1, -0.05) is 0 Å². The number of piperidine rings is 3. The second-order valence-electron chi connectivity index (χ2n) is 4.77. The van der Waals surface area contributed by atoms with Crippen molar-refractivity contribution >= 4 is 11.4 Å². The molecular weight excluding hydrogens is 217 g/mol. The van der Waals surface area contributed by atoms with Crippen molar-refractivity contribution in [2.45, 2.75) is 12.8 Å². The molecule has 1 aromatic rings. The zero-order chi connectivity index (χ0) is 11.7. The first-order chi connectivity index (χ1) is 8.31. The van der Waals surface area contributed by atoms with E-state index in [9.17, 15) is 4.39 Å². The lowest BCUT2D eigenvalue weighted by Crippen LogP contribution is -2.48. The summed E-state index contributed by atoms with van der Waals surface area (Å²) in [4.78, 5) is 2.44.